The maximum Gasteiger partial charge on any atom is 0.246 e. The molecule has 2 aliphatic heterocycles. The summed E-state index contributed by atoms with van der Waals surface area (Å²) in [6.45, 7) is 4.00. The molecule has 1 fully saturated rings. The van der Waals surface area contributed by atoms with Crippen LogP contribution in [0.5, 0.6) is 5.75 Å². The van der Waals surface area contributed by atoms with Gasteiger partial charge in [-0.25, -0.2) is 8.42 Å². The molecule has 2 aromatic carbocycles. The van der Waals surface area contributed by atoms with Gasteiger partial charge in [0.1, 0.15) is 5.75 Å². The van der Waals surface area contributed by atoms with Gasteiger partial charge < -0.3 is 14.6 Å². The van der Waals surface area contributed by atoms with Crippen molar-refractivity contribution in [2.75, 3.05) is 12.4 Å². The van der Waals surface area contributed by atoms with Gasteiger partial charge in [-0.05, 0) is 55.2 Å². The highest BCUT2D eigenvalue weighted by molar-refractivity contribution is 8.40. The van der Waals surface area contributed by atoms with Gasteiger partial charge in [0.25, 0.3) is 0 Å². The molecule has 10 heteroatoms. The Labute approximate surface area is 209 Å². The Kier molecular flexibility index (Phi) is 7.99. The Morgan fingerprint density at radius 2 is 1.94 bits per heavy atom. The van der Waals surface area contributed by atoms with Crippen molar-refractivity contribution in [1.82, 2.24) is 0 Å². The third kappa shape index (κ3) is 5.83. The van der Waals surface area contributed by atoms with E-state index in [0.29, 0.717) is 36.6 Å². The van der Waals surface area contributed by atoms with Crippen molar-refractivity contribution in [1.29, 1.82) is 0 Å². The summed E-state index contributed by atoms with van der Waals surface area (Å²) in [7, 11) is -3.57. The fraction of sp³-hybridized carbons (Fsp3) is 0.417. The number of hydrogen-bond donors (Lipinski definition) is 1. The summed E-state index contributed by atoms with van der Waals surface area (Å²) in [6, 6.07) is 13.7. The lowest BCUT2D eigenvalue weighted by molar-refractivity contribution is -0.0874. The maximum absolute atomic E-state index is 12.2. The first-order valence-corrected chi connectivity index (χ1v) is 13.9. The summed E-state index contributed by atoms with van der Waals surface area (Å²) in [4.78, 5) is 0. The Hall–Kier alpha value is -1.91. The van der Waals surface area contributed by atoms with Crippen LogP contribution in [-0.4, -0.2) is 47.5 Å². The van der Waals surface area contributed by atoms with Crippen LogP contribution in [-0.2, 0) is 21.0 Å². The second-order valence-electron chi connectivity index (χ2n) is 8.28. The van der Waals surface area contributed by atoms with E-state index in [1.165, 1.54) is 6.92 Å². The third-order valence-electron chi connectivity index (χ3n) is 5.73. The summed E-state index contributed by atoms with van der Waals surface area (Å²) < 4.78 is 36.1. The molecule has 3 atom stereocenters. The van der Waals surface area contributed by atoms with Crippen LogP contribution in [0.25, 0.3) is 0 Å². The molecule has 0 spiro atoms. The molecule has 0 unspecified atom stereocenters. The second kappa shape index (κ2) is 10.8. The van der Waals surface area contributed by atoms with Gasteiger partial charge >= 0.3 is 0 Å². The Morgan fingerprint density at radius 1 is 1.18 bits per heavy atom. The van der Waals surface area contributed by atoms with Crippen molar-refractivity contribution >= 4 is 42.6 Å². The fourth-order valence-electron chi connectivity index (χ4n) is 3.95. The zero-order valence-electron chi connectivity index (χ0n) is 19.0. The van der Waals surface area contributed by atoms with Crippen molar-refractivity contribution in [2.24, 2.45) is 10.2 Å². The molecule has 1 saturated heterocycles. The number of ether oxygens (including phenoxy) is 2. The number of halogens is 1. The molecule has 2 aliphatic rings. The predicted octanol–water partition coefficient (Wildman–Crippen LogP) is 4.76. The fourth-order valence-corrected chi connectivity index (χ4v) is 6.51. The molecule has 0 radical (unpaired) electrons. The van der Waals surface area contributed by atoms with E-state index in [1.54, 1.807) is 0 Å². The lowest BCUT2D eigenvalue weighted by Crippen LogP contribution is -2.33. The van der Waals surface area contributed by atoms with Gasteiger partial charge in [0.05, 0.1) is 24.9 Å². The molecule has 4 rings (SSSR count). The van der Waals surface area contributed by atoms with Gasteiger partial charge in [-0.1, -0.05) is 47.6 Å². The SMILES string of the molecule is CCOc1ccc(Cc2cc([C@H]3C[C@@H](O)C[C@@H](CSC4=NN=C(C)S4(=O)=O)O3)ccc2Cl)cc1. The lowest BCUT2D eigenvalue weighted by atomic mass is 9.94. The first-order valence-electron chi connectivity index (χ1n) is 11.1. The summed E-state index contributed by atoms with van der Waals surface area (Å²) in [5.41, 5.74) is 3.01. The Balaban J connectivity index is 1.43. The molecule has 7 nitrogen and oxygen atoms in total. The number of thioether (sulfide) groups is 1. The van der Waals surface area contributed by atoms with Crippen molar-refractivity contribution in [3.63, 3.8) is 0 Å². The zero-order valence-corrected chi connectivity index (χ0v) is 21.4. The highest BCUT2D eigenvalue weighted by Gasteiger charge is 2.33. The average Bonchev–Trinajstić information content (AvgIpc) is 3.06. The maximum atomic E-state index is 12.2. The number of sulfone groups is 1. The molecule has 0 saturated carbocycles. The first-order chi connectivity index (χ1) is 16.3. The van der Waals surface area contributed by atoms with Gasteiger partial charge in [0.2, 0.25) is 14.2 Å². The van der Waals surface area contributed by atoms with Crippen molar-refractivity contribution in [2.45, 2.75) is 51.4 Å². The van der Waals surface area contributed by atoms with Crippen LogP contribution in [0, 0.1) is 0 Å². The minimum Gasteiger partial charge on any atom is -0.494 e. The van der Waals surface area contributed by atoms with Crippen molar-refractivity contribution in [3.05, 3.63) is 64.2 Å². The molecule has 0 bridgehead atoms. The van der Waals surface area contributed by atoms with Crippen LogP contribution in [0.2, 0.25) is 5.02 Å². The minimum atomic E-state index is -3.57. The van der Waals surface area contributed by atoms with Crippen LogP contribution in [0.1, 0.15) is 49.5 Å². The van der Waals surface area contributed by atoms with Crippen LogP contribution in [0.15, 0.2) is 52.7 Å². The van der Waals surface area contributed by atoms with Crippen molar-refractivity contribution < 1.29 is 23.0 Å². The molecule has 2 heterocycles. The van der Waals surface area contributed by atoms with Crippen LogP contribution < -0.4 is 4.74 Å². The lowest BCUT2D eigenvalue weighted by Gasteiger charge is -2.33. The van der Waals surface area contributed by atoms with E-state index in [-0.39, 0.29) is 21.6 Å². The number of aliphatic hydroxyl groups is 1. The average molecular weight is 523 g/mol. The Morgan fingerprint density at radius 3 is 2.62 bits per heavy atom. The van der Waals surface area contributed by atoms with Gasteiger partial charge in [-0.2, -0.15) is 0 Å². The topological polar surface area (TPSA) is 97.5 Å². The molecule has 2 aromatic rings. The number of benzene rings is 2. The van der Waals surface area contributed by atoms with E-state index < -0.39 is 15.9 Å². The van der Waals surface area contributed by atoms with Crippen LogP contribution in [0.4, 0.5) is 0 Å². The van der Waals surface area contributed by atoms with Gasteiger partial charge in [-0.15, -0.1) is 10.2 Å². The zero-order chi connectivity index (χ0) is 24.3. The predicted molar refractivity (Wildman–Crippen MR) is 137 cm³/mol. The van der Waals surface area contributed by atoms with Crippen LogP contribution in [0.3, 0.4) is 0 Å². The standard InChI is InChI=1S/C24H27ClN2O5S2/c1-3-31-20-7-4-16(5-8-20)10-18-11-17(6-9-22(18)25)23-13-19(28)12-21(32-23)14-33-24-27-26-15(2)34(24,29)30/h4-9,11,19,21,23,28H,3,10,12-14H2,1-2H3/t19-,21-,23+/m0/s1. The third-order valence-corrected chi connectivity index (χ3v) is 9.38. The molecular weight excluding hydrogens is 496 g/mol. The highest BCUT2D eigenvalue weighted by atomic mass is 35.5. The van der Waals surface area contributed by atoms with Crippen LogP contribution >= 0.6 is 23.4 Å². The molecule has 182 valence electrons. The van der Waals surface area contributed by atoms with E-state index in [0.717, 1.165) is 34.2 Å². The van der Waals surface area contributed by atoms with E-state index in [4.69, 9.17) is 21.1 Å². The normalized spacial score (nSPS) is 23.9. The van der Waals surface area contributed by atoms with Crippen molar-refractivity contribution in [3.8, 4) is 5.75 Å². The van der Waals surface area contributed by atoms with E-state index in [1.807, 2.05) is 49.4 Å². The van der Waals surface area contributed by atoms with E-state index in [9.17, 15) is 13.5 Å². The monoisotopic (exact) mass is 522 g/mol. The van der Waals surface area contributed by atoms with Gasteiger partial charge in [-0.3, -0.25) is 0 Å². The molecule has 1 N–H and O–H groups in total. The smallest absolute Gasteiger partial charge is 0.246 e. The number of rotatable bonds is 7. The highest BCUT2D eigenvalue weighted by Crippen LogP contribution is 2.35. The largest absolute Gasteiger partial charge is 0.494 e. The first kappa shape index (κ1) is 25.2. The van der Waals surface area contributed by atoms with E-state index in [2.05, 4.69) is 10.2 Å². The molecule has 0 amide bonds. The van der Waals surface area contributed by atoms with E-state index >= 15 is 0 Å². The summed E-state index contributed by atoms with van der Waals surface area (Å²) >= 11 is 7.58. The molecular formula is C24H27ClN2O5S2. The summed E-state index contributed by atoms with van der Waals surface area (Å²) in [5, 5.41) is 18.6. The summed E-state index contributed by atoms with van der Waals surface area (Å²) in [6.07, 6.45) is 0.379. The number of nitrogens with zero attached hydrogens (tertiary/aromatic N) is 2. The summed E-state index contributed by atoms with van der Waals surface area (Å²) in [5.74, 6) is 1.19. The number of hydrogen-bond acceptors (Lipinski definition) is 8. The molecule has 0 aromatic heterocycles. The molecule has 0 aliphatic carbocycles. The minimum absolute atomic E-state index is 0.00121. The van der Waals surface area contributed by atoms with Gasteiger partial charge in [0, 0.05) is 23.6 Å². The molecule has 34 heavy (non-hydrogen) atoms. The quantitative estimate of drug-likeness (QED) is 0.563. The Bertz CT molecular complexity index is 1200. The second-order valence-corrected chi connectivity index (χ2v) is 11.9. The van der Waals surface area contributed by atoms with Gasteiger partial charge in [0.15, 0.2) is 5.04 Å². The number of aliphatic hydroxyl groups excluding tert-OH is 1.